The maximum Gasteiger partial charge on any atom is 0.0192 e. The lowest BCUT2D eigenvalue weighted by Gasteiger charge is -2.17. The fraction of sp³-hybridized carbons (Fsp3) is 1.00. The zero-order chi connectivity index (χ0) is 8.10. The molecule has 4 N–H and O–H groups in total. The summed E-state index contributed by atoms with van der Waals surface area (Å²) in [6, 6.07) is 0.515. The second kappa shape index (κ2) is 4.73. The largest absolute Gasteiger partial charge is 0.326 e. The molecule has 11 heavy (non-hydrogen) atoms. The summed E-state index contributed by atoms with van der Waals surface area (Å²) in [6.45, 7) is 0. The molecular formula is C9H20N2. The summed E-state index contributed by atoms with van der Waals surface area (Å²) in [7, 11) is 0. The van der Waals surface area contributed by atoms with Gasteiger partial charge in [0.25, 0.3) is 0 Å². The maximum atomic E-state index is 5.89. The topological polar surface area (TPSA) is 52.0 Å². The Morgan fingerprint density at radius 3 is 1.45 bits per heavy atom. The molecule has 0 heterocycles. The number of rotatable bonds is 0. The van der Waals surface area contributed by atoms with Gasteiger partial charge in [-0.3, -0.25) is 0 Å². The molecular weight excluding hydrogens is 136 g/mol. The molecule has 0 amide bonds. The van der Waals surface area contributed by atoms with Gasteiger partial charge < -0.3 is 11.5 Å². The Hall–Kier alpha value is -0.0800. The standard InChI is InChI=1S/C9H20N2/c10-8-6-4-2-1-3-5-7-9(8)11/h8-9H,1-7,10-11H2/t8-,9+. The second-order valence-corrected chi connectivity index (χ2v) is 3.67. The number of hydrogen-bond donors (Lipinski definition) is 2. The van der Waals surface area contributed by atoms with E-state index in [0.29, 0.717) is 0 Å². The van der Waals surface area contributed by atoms with Crippen LogP contribution in [0.15, 0.2) is 0 Å². The van der Waals surface area contributed by atoms with Crippen molar-refractivity contribution in [2.75, 3.05) is 0 Å². The molecule has 2 atom stereocenters. The van der Waals surface area contributed by atoms with Crippen molar-refractivity contribution in [2.24, 2.45) is 11.5 Å². The molecule has 0 bridgehead atoms. The van der Waals surface area contributed by atoms with Crippen LogP contribution in [0.2, 0.25) is 0 Å². The van der Waals surface area contributed by atoms with E-state index in [0.717, 1.165) is 12.8 Å². The van der Waals surface area contributed by atoms with Crippen LogP contribution in [-0.2, 0) is 0 Å². The van der Waals surface area contributed by atoms with Crippen molar-refractivity contribution in [3.05, 3.63) is 0 Å². The summed E-state index contributed by atoms with van der Waals surface area (Å²) in [6.07, 6.45) is 8.87. The van der Waals surface area contributed by atoms with Gasteiger partial charge in [0.05, 0.1) is 0 Å². The molecule has 1 rings (SSSR count). The van der Waals surface area contributed by atoms with E-state index in [9.17, 15) is 0 Å². The first kappa shape index (κ1) is 9.01. The van der Waals surface area contributed by atoms with Crippen molar-refractivity contribution >= 4 is 0 Å². The zero-order valence-corrected chi connectivity index (χ0v) is 7.26. The van der Waals surface area contributed by atoms with Gasteiger partial charge in [-0.05, 0) is 12.8 Å². The van der Waals surface area contributed by atoms with Gasteiger partial charge in [0.15, 0.2) is 0 Å². The highest BCUT2D eigenvalue weighted by atomic mass is 14.8. The Morgan fingerprint density at radius 1 is 0.636 bits per heavy atom. The van der Waals surface area contributed by atoms with Crippen LogP contribution in [0.1, 0.15) is 44.9 Å². The van der Waals surface area contributed by atoms with Crippen molar-refractivity contribution < 1.29 is 0 Å². The lowest BCUT2D eigenvalue weighted by molar-refractivity contribution is 0.462. The first-order chi connectivity index (χ1) is 5.30. The van der Waals surface area contributed by atoms with Gasteiger partial charge in [-0.1, -0.05) is 32.1 Å². The van der Waals surface area contributed by atoms with Crippen LogP contribution in [0.25, 0.3) is 0 Å². The monoisotopic (exact) mass is 156 g/mol. The van der Waals surface area contributed by atoms with Gasteiger partial charge in [0.1, 0.15) is 0 Å². The van der Waals surface area contributed by atoms with Gasteiger partial charge in [-0.25, -0.2) is 0 Å². The molecule has 1 fully saturated rings. The second-order valence-electron chi connectivity index (χ2n) is 3.67. The molecule has 0 aromatic carbocycles. The third-order valence-corrected chi connectivity index (χ3v) is 2.62. The Bertz CT molecular complexity index is 91.7. The smallest absolute Gasteiger partial charge is 0.0192 e. The van der Waals surface area contributed by atoms with Gasteiger partial charge in [0.2, 0.25) is 0 Å². The van der Waals surface area contributed by atoms with Crippen LogP contribution in [0.5, 0.6) is 0 Å². The molecule has 0 saturated heterocycles. The van der Waals surface area contributed by atoms with Crippen molar-refractivity contribution in [2.45, 2.75) is 57.0 Å². The third-order valence-electron chi connectivity index (χ3n) is 2.62. The minimum absolute atomic E-state index is 0.257. The molecule has 0 aromatic rings. The SMILES string of the molecule is N[C@@H]1CCCCCCC[C@@H]1N. The molecule has 2 nitrogen and oxygen atoms in total. The molecule has 1 saturated carbocycles. The van der Waals surface area contributed by atoms with Crippen molar-refractivity contribution in [3.63, 3.8) is 0 Å². The molecule has 0 aromatic heterocycles. The van der Waals surface area contributed by atoms with Crippen molar-refractivity contribution in [1.82, 2.24) is 0 Å². The number of nitrogens with two attached hydrogens (primary N) is 2. The van der Waals surface area contributed by atoms with Crippen LogP contribution < -0.4 is 11.5 Å². The maximum absolute atomic E-state index is 5.89. The summed E-state index contributed by atoms with van der Waals surface area (Å²) in [5, 5.41) is 0. The van der Waals surface area contributed by atoms with Crippen molar-refractivity contribution in [3.8, 4) is 0 Å². The van der Waals surface area contributed by atoms with Crippen LogP contribution in [0.4, 0.5) is 0 Å². The number of hydrogen-bond acceptors (Lipinski definition) is 2. The minimum atomic E-state index is 0.257. The molecule has 0 unspecified atom stereocenters. The molecule has 1 aliphatic rings. The highest BCUT2D eigenvalue weighted by Crippen LogP contribution is 2.14. The first-order valence-corrected chi connectivity index (χ1v) is 4.82. The molecule has 0 aliphatic heterocycles. The van der Waals surface area contributed by atoms with E-state index in [1.807, 2.05) is 0 Å². The first-order valence-electron chi connectivity index (χ1n) is 4.82. The van der Waals surface area contributed by atoms with Crippen LogP contribution in [0.3, 0.4) is 0 Å². The van der Waals surface area contributed by atoms with Gasteiger partial charge in [-0.2, -0.15) is 0 Å². The van der Waals surface area contributed by atoms with E-state index in [2.05, 4.69) is 0 Å². The average Bonchev–Trinajstić information content (AvgIpc) is 2.07. The van der Waals surface area contributed by atoms with Crippen LogP contribution >= 0.6 is 0 Å². The Morgan fingerprint density at radius 2 is 1.00 bits per heavy atom. The van der Waals surface area contributed by atoms with E-state index >= 15 is 0 Å². The summed E-state index contributed by atoms with van der Waals surface area (Å²) >= 11 is 0. The van der Waals surface area contributed by atoms with Gasteiger partial charge >= 0.3 is 0 Å². The average molecular weight is 156 g/mol. The summed E-state index contributed by atoms with van der Waals surface area (Å²) in [5.74, 6) is 0. The van der Waals surface area contributed by atoms with E-state index in [-0.39, 0.29) is 12.1 Å². The predicted octanol–water partition coefficient (Wildman–Crippen LogP) is 1.39. The summed E-state index contributed by atoms with van der Waals surface area (Å²) in [4.78, 5) is 0. The summed E-state index contributed by atoms with van der Waals surface area (Å²) < 4.78 is 0. The normalized spacial score (nSPS) is 35.5. The Balaban J connectivity index is 2.29. The van der Waals surface area contributed by atoms with Gasteiger partial charge in [0, 0.05) is 12.1 Å². The van der Waals surface area contributed by atoms with Gasteiger partial charge in [-0.15, -0.1) is 0 Å². The van der Waals surface area contributed by atoms with E-state index in [1.165, 1.54) is 32.1 Å². The minimum Gasteiger partial charge on any atom is -0.326 e. The predicted molar refractivity (Wildman–Crippen MR) is 48.3 cm³/mol. The lowest BCUT2D eigenvalue weighted by atomic mass is 10.0. The Labute approximate surface area is 69.3 Å². The Kier molecular flexibility index (Phi) is 3.87. The fourth-order valence-corrected chi connectivity index (χ4v) is 1.72. The molecule has 0 spiro atoms. The lowest BCUT2D eigenvalue weighted by Crippen LogP contribution is -2.40. The molecule has 0 radical (unpaired) electrons. The fourth-order valence-electron chi connectivity index (χ4n) is 1.72. The van der Waals surface area contributed by atoms with Crippen molar-refractivity contribution in [1.29, 1.82) is 0 Å². The highest BCUT2D eigenvalue weighted by molar-refractivity contribution is 4.76. The zero-order valence-electron chi connectivity index (χ0n) is 7.26. The van der Waals surface area contributed by atoms with E-state index in [4.69, 9.17) is 11.5 Å². The van der Waals surface area contributed by atoms with E-state index in [1.54, 1.807) is 0 Å². The molecule has 2 heteroatoms. The molecule has 66 valence electrons. The third kappa shape index (κ3) is 3.21. The van der Waals surface area contributed by atoms with Crippen LogP contribution in [-0.4, -0.2) is 12.1 Å². The molecule has 1 aliphatic carbocycles. The highest BCUT2D eigenvalue weighted by Gasteiger charge is 2.13. The quantitative estimate of drug-likeness (QED) is 0.557. The van der Waals surface area contributed by atoms with E-state index < -0.39 is 0 Å². The van der Waals surface area contributed by atoms with Crippen LogP contribution in [0, 0.1) is 0 Å². The summed E-state index contributed by atoms with van der Waals surface area (Å²) in [5.41, 5.74) is 11.8.